The number of nitrogens with zero attached hydrogens (tertiary/aromatic N) is 2. The van der Waals surface area contributed by atoms with Crippen LogP contribution in [0.4, 0.5) is 5.82 Å². The molecule has 1 N–H and O–H groups in total. The number of nitrogens with one attached hydrogen (secondary N) is 1. The molecule has 1 rings (SSSR count). The summed E-state index contributed by atoms with van der Waals surface area (Å²) >= 11 is 0. The SMILES string of the molecule is COC(C)C(C)Nc1ccnn1C. The molecule has 0 amide bonds. The number of hydrogen-bond acceptors (Lipinski definition) is 3. The van der Waals surface area contributed by atoms with Crippen molar-refractivity contribution in [2.75, 3.05) is 12.4 Å². The third-order valence-corrected chi connectivity index (χ3v) is 2.27. The van der Waals surface area contributed by atoms with E-state index in [0.717, 1.165) is 5.82 Å². The molecule has 0 fully saturated rings. The minimum Gasteiger partial charge on any atom is -0.380 e. The van der Waals surface area contributed by atoms with Gasteiger partial charge in [0.25, 0.3) is 0 Å². The molecule has 2 unspecified atom stereocenters. The minimum absolute atomic E-state index is 0.190. The third kappa shape index (κ3) is 2.45. The van der Waals surface area contributed by atoms with Crippen molar-refractivity contribution >= 4 is 5.82 Å². The maximum Gasteiger partial charge on any atom is 0.124 e. The lowest BCUT2D eigenvalue weighted by Crippen LogP contribution is -2.30. The number of ether oxygens (including phenoxy) is 1. The summed E-state index contributed by atoms with van der Waals surface area (Å²) in [6, 6.07) is 2.22. The zero-order valence-electron chi connectivity index (χ0n) is 8.61. The van der Waals surface area contributed by atoms with Gasteiger partial charge in [-0.2, -0.15) is 5.10 Å². The fourth-order valence-electron chi connectivity index (χ4n) is 1.07. The Hall–Kier alpha value is -1.03. The summed E-state index contributed by atoms with van der Waals surface area (Å²) in [5, 5.41) is 7.38. The smallest absolute Gasteiger partial charge is 0.124 e. The van der Waals surface area contributed by atoms with E-state index in [2.05, 4.69) is 17.3 Å². The van der Waals surface area contributed by atoms with Crippen molar-refractivity contribution in [3.05, 3.63) is 12.3 Å². The van der Waals surface area contributed by atoms with Crippen molar-refractivity contribution in [1.82, 2.24) is 9.78 Å². The van der Waals surface area contributed by atoms with Crippen LogP contribution < -0.4 is 5.32 Å². The Morgan fingerprint density at radius 2 is 2.23 bits per heavy atom. The second kappa shape index (κ2) is 4.28. The molecule has 1 aromatic rings. The average molecular weight is 183 g/mol. The predicted octanol–water partition coefficient (Wildman–Crippen LogP) is 1.26. The van der Waals surface area contributed by atoms with E-state index in [1.54, 1.807) is 18.0 Å². The van der Waals surface area contributed by atoms with Crippen LogP contribution in [0.25, 0.3) is 0 Å². The Morgan fingerprint density at radius 1 is 1.54 bits per heavy atom. The summed E-state index contributed by atoms with van der Waals surface area (Å²) in [7, 11) is 3.62. The number of rotatable bonds is 4. The number of hydrogen-bond donors (Lipinski definition) is 1. The average Bonchev–Trinajstić information content (AvgIpc) is 2.50. The standard InChI is InChI=1S/C9H17N3O/c1-7(8(2)13-4)11-9-5-6-10-12(9)3/h5-8,11H,1-4H3. The van der Waals surface area contributed by atoms with Crippen LogP contribution in [0.5, 0.6) is 0 Å². The highest BCUT2D eigenvalue weighted by Crippen LogP contribution is 2.08. The summed E-state index contributed by atoms with van der Waals surface area (Å²) < 4.78 is 7.01. The number of aromatic nitrogens is 2. The van der Waals surface area contributed by atoms with Gasteiger partial charge >= 0.3 is 0 Å². The highest BCUT2D eigenvalue weighted by molar-refractivity contribution is 5.34. The van der Waals surface area contributed by atoms with Crippen LogP contribution in [0.15, 0.2) is 12.3 Å². The molecular weight excluding hydrogens is 166 g/mol. The first-order valence-electron chi connectivity index (χ1n) is 4.42. The minimum atomic E-state index is 0.190. The van der Waals surface area contributed by atoms with Gasteiger partial charge in [-0.3, -0.25) is 4.68 Å². The van der Waals surface area contributed by atoms with Crippen molar-refractivity contribution in [2.24, 2.45) is 7.05 Å². The van der Waals surface area contributed by atoms with Gasteiger partial charge in [-0.1, -0.05) is 0 Å². The summed E-state index contributed by atoms with van der Waals surface area (Å²) in [6.07, 6.45) is 1.96. The van der Waals surface area contributed by atoms with Gasteiger partial charge in [0.15, 0.2) is 0 Å². The molecule has 4 nitrogen and oxygen atoms in total. The zero-order valence-corrected chi connectivity index (χ0v) is 8.61. The monoisotopic (exact) mass is 183 g/mol. The quantitative estimate of drug-likeness (QED) is 0.763. The lowest BCUT2D eigenvalue weighted by Gasteiger charge is -2.20. The van der Waals surface area contributed by atoms with Crippen LogP contribution in [0, 0.1) is 0 Å². The summed E-state index contributed by atoms with van der Waals surface area (Å²) in [5.41, 5.74) is 0. The largest absolute Gasteiger partial charge is 0.380 e. The summed E-state index contributed by atoms with van der Waals surface area (Å²) in [4.78, 5) is 0. The lowest BCUT2D eigenvalue weighted by atomic mass is 10.2. The molecule has 74 valence electrons. The van der Waals surface area contributed by atoms with Gasteiger partial charge in [-0.15, -0.1) is 0 Å². The number of methoxy groups -OCH3 is 1. The molecule has 0 aromatic carbocycles. The van der Waals surface area contributed by atoms with E-state index in [-0.39, 0.29) is 12.1 Å². The van der Waals surface area contributed by atoms with Crippen molar-refractivity contribution in [1.29, 1.82) is 0 Å². The number of anilines is 1. The topological polar surface area (TPSA) is 39.1 Å². The highest BCUT2D eigenvalue weighted by atomic mass is 16.5. The summed E-state index contributed by atoms with van der Waals surface area (Å²) in [6.45, 7) is 4.12. The van der Waals surface area contributed by atoms with Gasteiger partial charge < -0.3 is 10.1 Å². The van der Waals surface area contributed by atoms with Crippen molar-refractivity contribution in [3.63, 3.8) is 0 Å². The van der Waals surface area contributed by atoms with E-state index >= 15 is 0 Å². The Kier molecular flexibility index (Phi) is 3.31. The molecule has 0 aliphatic rings. The van der Waals surface area contributed by atoms with E-state index < -0.39 is 0 Å². The molecule has 13 heavy (non-hydrogen) atoms. The lowest BCUT2D eigenvalue weighted by molar-refractivity contribution is 0.106. The first-order chi connectivity index (χ1) is 6.15. The molecule has 0 saturated carbocycles. The van der Waals surface area contributed by atoms with E-state index in [9.17, 15) is 0 Å². The maximum absolute atomic E-state index is 5.21. The van der Waals surface area contributed by atoms with E-state index in [4.69, 9.17) is 4.74 Å². The molecule has 0 aliphatic carbocycles. The molecule has 0 radical (unpaired) electrons. The highest BCUT2D eigenvalue weighted by Gasteiger charge is 2.11. The van der Waals surface area contributed by atoms with Crippen molar-refractivity contribution in [2.45, 2.75) is 26.0 Å². The van der Waals surface area contributed by atoms with Crippen molar-refractivity contribution < 1.29 is 4.74 Å². The van der Waals surface area contributed by atoms with E-state index in [1.165, 1.54) is 0 Å². The molecule has 0 bridgehead atoms. The Bertz CT molecular complexity index is 259. The molecule has 0 aliphatic heterocycles. The molecule has 0 spiro atoms. The zero-order chi connectivity index (χ0) is 9.84. The second-order valence-electron chi connectivity index (χ2n) is 3.21. The molecule has 4 heteroatoms. The first kappa shape index (κ1) is 10.1. The normalized spacial score (nSPS) is 15.4. The van der Waals surface area contributed by atoms with Crippen LogP contribution in [0.3, 0.4) is 0 Å². The van der Waals surface area contributed by atoms with Crippen LogP contribution in [-0.4, -0.2) is 29.0 Å². The van der Waals surface area contributed by atoms with Gasteiger partial charge in [0.1, 0.15) is 5.82 Å². The van der Waals surface area contributed by atoms with Gasteiger partial charge in [0, 0.05) is 20.2 Å². The maximum atomic E-state index is 5.21. The van der Waals surface area contributed by atoms with E-state index in [0.29, 0.717) is 0 Å². The summed E-state index contributed by atoms with van der Waals surface area (Å²) in [5.74, 6) is 1.01. The van der Waals surface area contributed by atoms with Gasteiger partial charge in [0.05, 0.1) is 18.3 Å². The van der Waals surface area contributed by atoms with Crippen molar-refractivity contribution in [3.8, 4) is 0 Å². The Balaban J connectivity index is 2.54. The molecular formula is C9H17N3O. The fraction of sp³-hybridized carbons (Fsp3) is 0.667. The molecule has 1 heterocycles. The molecule has 0 saturated heterocycles. The van der Waals surface area contributed by atoms with Crippen LogP contribution >= 0.6 is 0 Å². The van der Waals surface area contributed by atoms with Gasteiger partial charge in [0.2, 0.25) is 0 Å². The van der Waals surface area contributed by atoms with Crippen LogP contribution in [0.1, 0.15) is 13.8 Å². The van der Waals surface area contributed by atoms with Crippen LogP contribution in [0.2, 0.25) is 0 Å². The second-order valence-corrected chi connectivity index (χ2v) is 3.21. The Labute approximate surface area is 78.9 Å². The molecule has 2 atom stereocenters. The van der Waals surface area contributed by atoms with Gasteiger partial charge in [-0.05, 0) is 13.8 Å². The van der Waals surface area contributed by atoms with Gasteiger partial charge in [-0.25, -0.2) is 0 Å². The number of aryl methyl sites for hydroxylation is 1. The molecule has 1 aromatic heterocycles. The third-order valence-electron chi connectivity index (χ3n) is 2.27. The van der Waals surface area contributed by atoms with Crippen LogP contribution in [-0.2, 0) is 11.8 Å². The first-order valence-corrected chi connectivity index (χ1v) is 4.42. The van der Waals surface area contributed by atoms with E-state index in [1.807, 2.05) is 20.0 Å². The fourth-order valence-corrected chi connectivity index (χ4v) is 1.07. The Morgan fingerprint density at radius 3 is 2.69 bits per heavy atom. The predicted molar refractivity (Wildman–Crippen MR) is 52.8 cm³/mol.